The van der Waals surface area contributed by atoms with Crippen molar-refractivity contribution in [1.29, 1.82) is 0 Å². The third-order valence-electron chi connectivity index (χ3n) is 2.00. The van der Waals surface area contributed by atoms with Gasteiger partial charge < -0.3 is 10.1 Å². The molecular formula is C11H14F3NOS. The lowest BCUT2D eigenvalue weighted by atomic mass is 10.3. The van der Waals surface area contributed by atoms with Gasteiger partial charge in [0, 0.05) is 18.3 Å². The maximum Gasteiger partial charge on any atom is 0.387 e. The quantitative estimate of drug-likeness (QED) is 0.761. The molecule has 17 heavy (non-hydrogen) atoms. The Hall–Kier alpha value is -1.04. The number of hydrogen-bond donors (Lipinski definition) is 1. The fourth-order valence-electron chi connectivity index (χ4n) is 1.25. The van der Waals surface area contributed by atoms with Crippen molar-refractivity contribution in [2.24, 2.45) is 0 Å². The molecule has 0 aliphatic rings. The maximum absolute atomic E-state index is 13.3. The molecule has 0 heterocycles. The molecule has 0 aromatic heterocycles. The highest BCUT2D eigenvalue weighted by molar-refractivity contribution is 7.98. The Morgan fingerprint density at radius 1 is 1.41 bits per heavy atom. The number of anilines is 1. The van der Waals surface area contributed by atoms with Crippen LogP contribution in [0.15, 0.2) is 18.2 Å². The van der Waals surface area contributed by atoms with E-state index in [1.807, 2.05) is 6.26 Å². The van der Waals surface area contributed by atoms with Crippen LogP contribution >= 0.6 is 11.8 Å². The molecule has 0 saturated heterocycles. The number of rotatable bonds is 7. The largest absolute Gasteiger partial charge is 0.432 e. The van der Waals surface area contributed by atoms with Gasteiger partial charge in [0.15, 0.2) is 11.6 Å². The summed E-state index contributed by atoms with van der Waals surface area (Å²) >= 11 is 1.73. The predicted octanol–water partition coefficient (Wildman–Crippen LogP) is 3.59. The van der Waals surface area contributed by atoms with Crippen LogP contribution in [-0.2, 0) is 0 Å². The molecule has 0 aliphatic heterocycles. The lowest BCUT2D eigenvalue weighted by Crippen LogP contribution is -2.05. The topological polar surface area (TPSA) is 21.3 Å². The van der Waals surface area contributed by atoms with Gasteiger partial charge in [0.1, 0.15) is 0 Å². The van der Waals surface area contributed by atoms with Crippen molar-refractivity contribution < 1.29 is 17.9 Å². The van der Waals surface area contributed by atoms with E-state index in [0.717, 1.165) is 24.8 Å². The molecule has 0 atom stereocenters. The van der Waals surface area contributed by atoms with Crippen molar-refractivity contribution in [2.45, 2.75) is 13.0 Å². The Bertz CT molecular complexity index is 349. The molecule has 1 aromatic carbocycles. The first-order valence-electron chi connectivity index (χ1n) is 5.10. The standard InChI is InChI=1S/C11H14F3NOS/c1-17-6-2-5-15-8-3-4-10(9(12)7-8)16-11(13)14/h3-4,7,11,15H,2,5-6H2,1H3. The van der Waals surface area contributed by atoms with Crippen LogP contribution in [0.25, 0.3) is 0 Å². The number of ether oxygens (including phenoxy) is 1. The highest BCUT2D eigenvalue weighted by Gasteiger charge is 2.09. The Balaban J connectivity index is 2.50. The molecule has 0 aliphatic carbocycles. The van der Waals surface area contributed by atoms with Crippen LogP contribution in [0.5, 0.6) is 5.75 Å². The molecule has 0 amide bonds. The first kappa shape index (κ1) is 14.0. The van der Waals surface area contributed by atoms with Crippen LogP contribution in [0, 0.1) is 5.82 Å². The van der Waals surface area contributed by atoms with Crippen molar-refractivity contribution in [1.82, 2.24) is 0 Å². The van der Waals surface area contributed by atoms with E-state index in [-0.39, 0.29) is 0 Å². The van der Waals surface area contributed by atoms with E-state index < -0.39 is 18.2 Å². The molecule has 0 fully saturated rings. The van der Waals surface area contributed by atoms with Gasteiger partial charge in [-0.25, -0.2) is 4.39 Å². The summed E-state index contributed by atoms with van der Waals surface area (Å²) in [6, 6.07) is 3.86. The Labute approximate surface area is 103 Å². The highest BCUT2D eigenvalue weighted by atomic mass is 32.2. The minimum absolute atomic E-state index is 0.435. The van der Waals surface area contributed by atoms with E-state index in [0.29, 0.717) is 5.69 Å². The van der Waals surface area contributed by atoms with Gasteiger partial charge in [-0.15, -0.1) is 0 Å². The zero-order chi connectivity index (χ0) is 12.7. The number of alkyl halides is 2. The summed E-state index contributed by atoms with van der Waals surface area (Å²) in [5.74, 6) is -0.211. The fourth-order valence-corrected chi connectivity index (χ4v) is 1.68. The second-order valence-electron chi connectivity index (χ2n) is 3.30. The smallest absolute Gasteiger partial charge is 0.387 e. The fraction of sp³-hybridized carbons (Fsp3) is 0.455. The van der Waals surface area contributed by atoms with Gasteiger partial charge in [-0.3, -0.25) is 0 Å². The summed E-state index contributed by atoms with van der Waals surface area (Å²) in [6.45, 7) is -2.29. The van der Waals surface area contributed by atoms with Crippen molar-refractivity contribution >= 4 is 17.4 Å². The summed E-state index contributed by atoms with van der Waals surface area (Å²) in [6.07, 6.45) is 2.97. The average molecular weight is 265 g/mol. The second kappa shape index (κ2) is 7.32. The molecule has 0 saturated carbocycles. The molecule has 96 valence electrons. The van der Waals surface area contributed by atoms with Gasteiger partial charge in [0.2, 0.25) is 0 Å². The zero-order valence-electron chi connectivity index (χ0n) is 9.38. The lowest BCUT2D eigenvalue weighted by Gasteiger charge is -2.09. The number of benzene rings is 1. The molecule has 6 heteroatoms. The van der Waals surface area contributed by atoms with E-state index in [2.05, 4.69) is 10.1 Å². The van der Waals surface area contributed by atoms with E-state index >= 15 is 0 Å². The normalized spacial score (nSPS) is 10.6. The molecule has 1 rings (SSSR count). The third-order valence-corrected chi connectivity index (χ3v) is 2.70. The van der Waals surface area contributed by atoms with Gasteiger partial charge in [0.25, 0.3) is 0 Å². The Kier molecular flexibility index (Phi) is 6.04. The number of hydrogen-bond acceptors (Lipinski definition) is 3. The minimum atomic E-state index is -3.01. The van der Waals surface area contributed by atoms with E-state index in [4.69, 9.17) is 0 Å². The van der Waals surface area contributed by atoms with E-state index in [1.54, 1.807) is 11.8 Å². The van der Waals surface area contributed by atoms with E-state index in [9.17, 15) is 13.2 Å². The summed E-state index contributed by atoms with van der Waals surface area (Å²) in [5.41, 5.74) is 0.560. The highest BCUT2D eigenvalue weighted by Crippen LogP contribution is 2.22. The molecule has 1 aromatic rings. The summed E-state index contributed by atoms with van der Waals surface area (Å²) in [4.78, 5) is 0. The van der Waals surface area contributed by atoms with Gasteiger partial charge in [-0.2, -0.15) is 20.5 Å². The van der Waals surface area contributed by atoms with Crippen LogP contribution in [0.2, 0.25) is 0 Å². The van der Waals surface area contributed by atoms with Crippen molar-refractivity contribution in [3.05, 3.63) is 24.0 Å². The lowest BCUT2D eigenvalue weighted by molar-refractivity contribution is -0.0521. The molecule has 0 unspecified atom stereocenters. The molecular weight excluding hydrogens is 251 g/mol. The molecule has 1 N–H and O–H groups in total. The van der Waals surface area contributed by atoms with Crippen LogP contribution in [0.4, 0.5) is 18.9 Å². The van der Waals surface area contributed by atoms with Crippen LogP contribution in [-0.4, -0.2) is 25.2 Å². The van der Waals surface area contributed by atoms with Crippen LogP contribution in [0.3, 0.4) is 0 Å². The summed E-state index contributed by atoms with van der Waals surface area (Å²) in [5, 5.41) is 3.00. The minimum Gasteiger partial charge on any atom is -0.432 e. The molecule has 0 bridgehead atoms. The number of thioether (sulfide) groups is 1. The van der Waals surface area contributed by atoms with Gasteiger partial charge in [-0.05, 0) is 30.6 Å². The Morgan fingerprint density at radius 2 is 2.18 bits per heavy atom. The first-order valence-corrected chi connectivity index (χ1v) is 6.50. The predicted molar refractivity (Wildman–Crippen MR) is 64.5 cm³/mol. The summed E-state index contributed by atoms with van der Waals surface area (Å²) < 4.78 is 41.1. The SMILES string of the molecule is CSCCCNc1ccc(OC(F)F)c(F)c1. The monoisotopic (exact) mass is 265 g/mol. The van der Waals surface area contributed by atoms with Crippen LogP contribution < -0.4 is 10.1 Å². The van der Waals surface area contributed by atoms with Gasteiger partial charge in [-0.1, -0.05) is 0 Å². The maximum atomic E-state index is 13.3. The number of halogens is 3. The average Bonchev–Trinajstić information content (AvgIpc) is 2.27. The number of nitrogens with one attached hydrogen (secondary N) is 1. The van der Waals surface area contributed by atoms with Crippen LogP contribution in [0.1, 0.15) is 6.42 Å². The summed E-state index contributed by atoms with van der Waals surface area (Å²) in [7, 11) is 0. The Morgan fingerprint density at radius 3 is 2.76 bits per heavy atom. The van der Waals surface area contributed by atoms with Gasteiger partial charge in [0.05, 0.1) is 0 Å². The zero-order valence-corrected chi connectivity index (χ0v) is 10.2. The molecule has 0 spiro atoms. The van der Waals surface area contributed by atoms with Crippen molar-refractivity contribution in [3.63, 3.8) is 0 Å². The molecule has 2 nitrogen and oxygen atoms in total. The van der Waals surface area contributed by atoms with Crippen molar-refractivity contribution in [3.8, 4) is 5.75 Å². The van der Waals surface area contributed by atoms with Gasteiger partial charge >= 0.3 is 6.61 Å². The van der Waals surface area contributed by atoms with Crippen molar-refractivity contribution in [2.75, 3.05) is 23.9 Å². The third kappa shape index (κ3) is 5.21. The molecule has 0 radical (unpaired) electrons. The second-order valence-corrected chi connectivity index (χ2v) is 4.28. The van der Waals surface area contributed by atoms with E-state index in [1.165, 1.54) is 12.1 Å². The first-order chi connectivity index (χ1) is 8.13.